The second-order valence-electron chi connectivity index (χ2n) is 3.74. The van der Waals surface area contributed by atoms with Crippen molar-refractivity contribution in [1.82, 2.24) is 19.7 Å². The van der Waals surface area contributed by atoms with Crippen molar-refractivity contribution >= 4 is 21.6 Å². The largest absolute Gasteiger partial charge is 0.348 e. The normalized spacial score (nSPS) is 11.6. The molecular formula is C10H11ClN4O3S. The Labute approximate surface area is 114 Å². The van der Waals surface area contributed by atoms with Crippen LogP contribution in [0.3, 0.4) is 0 Å². The summed E-state index contributed by atoms with van der Waals surface area (Å²) in [6.45, 7) is 0.210. The molecule has 7 nitrogen and oxygen atoms in total. The maximum atomic E-state index is 11.9. The molecule has 2 rings (SSSR count). The van der Waals surface area contributed by atoms with Crippen LogP contribution in [-0.4, -0.2) is 29.9 Å². The van der Waals surface area contributed by atoms with Gasteiger partial charge in [0.05, 0.1) is 11.2 Å². The minimum Gasteiger partial charge on any atom is -0.348 e. The molecule has 0 atom stereocenters. The van der Waals surface area contributed by atoms with E-state index < -0.39 is 15.6 Å². The highest BCUT2D eigenvalue weighted by Gasteiger charge is 2.15. The number of imidazole rings is 1. The Hall–Kier alpha value is -1.64. The van der Waals surface area contributed by atoms with Gasteiger partial charge in [0.1, 0.15) is 5.02 Å². The molecule has 0 fully saturated rings. The molecule has 0 aliphatic rings. The Kier molecular flexibility index (Phi) is 4.03. The van der Waals surface area contributed by atoms with E-state index in [1.165, 1.54) is 6.33 Å². The molecule has 0 saturated heterocycles. The number of pyridine rings is 1. The molecule has 2 heterocycles. The van der Waals surface area contributed by atoms with E-state index in [9.17, 15) is 13.2 Å². The number of hydrogen-bond acceptors (Lipinski definition) is 4. The molecule has 0 radical (unpaired) electrons. The lowest BCUT2D eigenvalue weighted by Gasteiger charge is -2.05. The topological polar surface area (TPSA) is 108 Å². The zero-order valence-electron chi connectivity index (χ0n) is 9.68. The first-order valence-corrected chi connectivity index (χ1v) is 7.20. The van der Waals surface area contributed by atoms with E-state index in [4.69, 9.17) is 11.6 Å². The van der Waals surface area contributed by atoms with E-state index in [0.29, 0.717) is 6.42 Å². The molecule has 0 saturated carbocycles. The van der Waals surface area contributed by atoms with Crippen molar-refractivity contribution in [3.05, 3.63) is 45.9 Å². The molecule has 9 heteroatoms. The lowest BCUT2D eigenvalue weighted by molar-refractivity contribution is 0.581. The van der Waals surface area contributed by atoms with E-state index in [-0.39, 0.29) is 16.5 Å². The lowest BCUT2D eigenvalue weighted by atomic mass is 10.3. The molecular weight excluding hydrogens is 292 g/mol. The summed E-state index contributed by atoms with van der Waals surface area (Å²) in [5, 5.41) is -0.170. The first-order valence-electron chi connectivity index (χ1n) is 5.34. The van der Waals surface area contributed by atoms with Gasteiger partial charge in [-0.3, -0.25) is 4.79 Å². The van der Waals surface area contributed by atoms with Crippen molar-refractivity contribution in [3.8, 4) is 0 Å². The highest BCUT2D eigenvalue weighted by molar-refractivity contribution is 7.89. The predicted molar refractivity (Wildman–Crippen MR) is 69.6 cm³/mol. The standard InChI is InChI=1S/C10H11ClN4O3S/c11-9-3-8(5-13-10(9)16)19(17,18)15-2-1-7-4-12-6-14-7/h3-6,15H,1-2H2,(H,12,14)(H,13,16). The van der Waals surface area contributed by atoms with Gasteiger partial charge in [0.25, 0.3) is 5.56 Å². The fourth-order valence-electron chi connectivity index (χ4n) is 1.42. The van der Waals surface area contributed by atoms with Gasteiger partial charge in [0.2, 0.25) is 10.0 Å². The van der Waals surface area contributed by atoms with Gasteiger partial charge in [-0.15, -0.1) is 0 Å². The van der Waals surface area contributed by atoms with Gasteiger partial charge >= 0.3 is 0 Å². The molecule has 2 aromatic rings. The molecule has 2 aromatic heterocycles. The monoisotopic (exact) mass is 302 g/mol. The third-order valence-corrected chi connectivity index (χ3v) is 4.10. The van der Waals surface area contributed by atoms with Crippen molar-refractivity contribution in [3.63, 3.8) is 0 Å². The summed E-state index contributed by atoms with van der Waals surface area (Å²) in [5.74, 6) is 0. The second-order valence-corrected chi connectivity index (χ2v) is 5.91. The fourth-order valence-corrected chi connectivity index (χ4v) is 2.68. The van der Waals surface area contributed by atoms with Crippen molar-refractivity contribution in [2.24, 2.45) is 0 Å². The van der Waals surface area contributed by atoms with Crippen molar-refractivity contribution in [1.29, 1.82) is 0 Å². The maximum Gasteiger partial charge on any atom is 0.266 e. The third-order valence-electron chi connectivity index (χ3n) is 2.38. The predicted octanol–water partition coefficient (Wildman–Crippen LogP) is 0.272. The van der Waals surface area contributed by atoms with Crippen LogP contribution in [0.2, 0.25) is 5.02 Å². The minimum absolute atomic E-state index is 0.0817. The van der Waals surface area contributed by atoms with Crippen LogP contribution in [0.25, 0.3) is 0 Å². The van der Waals surface area contributed by atoms with Crippen molar-refractivity contribution in [2.45, 2.75) is 11.3 Å². The van der Waals surface area contributed by atoms with Gasteiger partial charge in [0, 0.05) is 31.1 Å². The van der Waals surface area contributed by atoms with Crippen LogP contribution >= 0.6 is 11.6 Å². The fraction of sp³-hybridized carbons (Fsp3) is 0.200. The number of nitrogens with zero attached hydrogens (tertiary/aromatic N) is 1. The molecule has 0 aliphatic heterocycles. The summed E-state index contributed by atoms with van der Waals surface area (Å²) in [5.41, 5.74) is 0.292. The maximum absolute atomic E-state index is 11.9. The number of nitrogens with one attached hydrogen (secondary N) is 3. The van der Waals surface area contributed by atoms with Crippen molar-refractivity contribution in [2.75, 3.05) is 6.54 Å². The average Bonchev–Trinajstić information content (AvgIpc) is 2.85. The van der Waals surface area contributed by atoms with Crippen LogP contribution in [0.5, 0.6) is 0 Å². The van der Waals surface area contributed by atoms with Gasteiger partial charge in [0.15, 0.2) is 0 Å². The average molecular weight is 303 g/mol. The molecule has 0 aliphatic carbocycles. The zero-order valence-corrected chi connectivity index (χ0v) is 11.3. The molecule has 0 aromatic carbocycles. The molecule has 19 heavy (non-hydrogen) atoms. The SMILES string of the molecule is O=c1[nH]cc(S(=O)(=O)NCCc2cnc[nH]2)cc1Cl. The molecule has 0 unspecified atom stereocenters. The Bertz CT molecular complexity index is 709. The van der Waals surface area contributed by atoms with E-state index >= 15 is 0 Å². The number of aromatic amines is 2. The number of H-pyrrole nitrogens is 2. The minimum atomic E-state index is -3.69. The summed E-state index contributed by atoms with van der Waals surface area (Å²) in [6, 6.07) is 1.11. The van der Waals surface area contributed by atoms with Crippen LogP contribution < -0.4 is 10.3 Å². The summed E-state index contributed by atoms with van der Waals surface area (Å²) < 4.78 is 26.2. The van der Waals surface area contributed by atoms with E-state index in [0.717, 1.165) is 18.0 Å². The van der Waals surface area contributed by atoms with Gasteiger partial charge in [-0.05, 0) is 6.07 Å². The van der Waals surface area contributed by atoms with Crippen LogP contribution in [0.1, 0.15) is 5.69 Å². The quantitative estimate of drug-likeness (QED) is 0.737. The second kappa shape index (κ2) is 5.55. The highest BCUT2D eigenvalue weighted by Crippen LogP contribution is 2.10. The van der Waals surface area contributed by atoms with Crippen LogP contribution in [0, 0.1) is 0 Å². The van der Waals surface area contributed by atoms with Gasteiger partial charge < -0.3 is 9.97 Å². The molecule has 3 N–H and O–H groups in total. The van der Waals surface area contributed by atoms with Gasteiger partial charge in [-0.25, -0.2) is 18.1 Å². The Morgan fingerprint density at radius 3 is 2.79 bits per heavy atom. The van der Waals surface area contributed by atoms with Crippen LogP contribution in [-0.2, 0) is 16.4 Å². The van der Waals surface area contributed by atoms with Gasteiger partial charge in [-0.1, -0.05) is 11.6 Å². The zero-order chi connectivity index (χ0) is 13.9. The smallest absolute Gasteiger partial charge is 0.266 e. The molecule has 0 spiro atoms. The van der Waals surface area contributed by atoms with Crippen LogP contribution in [0.4, 0.5) is 0 Å². The third kappa shape index (κ3) is 3.43. The number of rotatable bonds is 5. The summed E-state index contributed by atoms with van der Waals surface area (Å²) in [6.07, 6.45) is 4.72. The van der Waals surface area contributed by atoms with Crippen LogP contribution in [0.15, 0.2) is 34.5 Å². The van der Waals surface area contributed by atoms with E-state index in [2.05, 4.69) is 19.7 Å². The number of aromatic nitrogens is 3. The Morgan fingerprint density at radius 2 is 2.16 bits per heavy atom. The van der Waals surface area contributed by atoms with E-state index in [1.807, 2.05) is 0 Å². The Balaban J connectivity index is 2.05. The number of halogens is 1. The highest BCUT2D eigenvalue weighted by atomic mass is 35.5. The molecule has 0 amide bonds. The summed E-state index contributed by atoms with van der Waals surface area (Å²) in [7, 11) is -3.69. The Morgan fingerprint density at radius 1 is 1.37 bits per heavy atom. The summed E-state index contributed by atoms with van der Waals surface area (Å²) >= 11 is 5.59. The summed E-state index contributed by atoms with van der Waals surface area (Å²) in [4.78, 5) is 19.9. The lowest BCUT2D eigenvalue weighted by Crippen LogP contribution is -2.26. The first kappa shape index (κ1) is 13.8. The first-order chi connectivity index (χ1) is 8.99. The number of sulfonamides is 1. The molecule has 102 valence electrons. The number of hydrogen-bond donors (Lipinski definition) is 3. The molecule has 0 bridgehead atoms. The van der Waals surface area contributed by atoms with Gasteiger partial charge in [-0.2, -0.15) is 0 Å². The van der Waals surface area contributed by atoms with E-state index in [1.54, 1.807) is 6.20 Å². The van der Waals surface area contributed by atoms with Crippen molar-refractivity contribution < 1.29 is 8.42 Å².